The van der Waals surface area contributed by atoms with Gasteiger partial charge in [0, 0.05) is 6.20 Å². The van der Waals surface area contributed by atoms with E-state index in [9.17, 15) is 21.6 Å². The van der Waals surface area contributed by atoms with Crippen molar-refractivity contribution in [3.63, 3.8) is 0 Å². The number of halogens is 3. The molecule has 0 radical (unpaired) electrons. The van der Waals surface area contributed by atoms with Crippen molar-refractivity contribution < 1.29 is 26.3 Å². The third kappa shape index (κ3) is 2.95. The van der Waals surface area contributed by atoms with Gasteiger partial charge in [-0.3, -0.25) is 4.99 Å². The fourth-order valence-corrected chi connectivity index (χ4v) is 2.22. The van der Waals surface area contributed by atoms with E-state index in [1.165, 1.54) is 12.1 Å². The molecule has 0 unspecified atom stereocenters. The molecule has 0 amide bonds. The van der Waals surface area contributed by atoms with E-state index in [1.807, 2.05) is 0 Å². The Morgan fingerprint density at radius 2 is 1.89 bits per heavy atom. The monoisotopic (exact) mass is 291 g/mol. The van der Waals surface area contributed by atoms with Crippen LogP contribution in [0.25, 0.3) is 0 Å². The lowest BCUT2D eigenvalue weighted by atomic mass is 10.2. The molecule has 0 fully saturated rings. The summed E-state index contributed by atoms with van der Waals surface area (Å²) in [5, 5.41) is 0. The standard InChI is InChI=1S/C11H8F3NO3S/c12-11(13,14)9-3-1-2-4-10(9)18-6-8-5-15-7-19(8,16)17/h1-5,7H,6H2. The van der Waals surface area contributed by atoms with Crippen LogP contribution in [-0.4, -0.2) is 20.6 Å². The van der Waals surface area contributed by atoms with Crippen molar-refractivity contribution in [3.8, 4) is 5.75 Å². The summed E-state index contributed by atoms with van der Waals surface area (Å²) in [7, 11) is -3.64. The Labute approximate surface area is 107 Å². The summed E-state index contributed by atoms with van der Waals surface area (Å²) in [4.78, 5) is 3.25. The van der Waals surface area contributed by atoms with Gasteiger partial charge in [0.05, 0.1) is 5.56 Å². The molecule has 1 aromatic rings. The van der Waals surface area contributed by atoms with Crippen LogP contribution in [0.5, 0.6) is 5.75 Å². The van der Waals surface area contributed by atoms with Gasteiger partial charge in [-0.1, -0.05) is 12.1 Å². The van der Waals surface area contributed by atoms with Crippen molar-refractivity contribution >= 4 is 15.4 Å². The molecule has 1 aromatic carbocycles. The van der Waals surface area contributed by atoms with E-state index in [0.717, 1.165) is 23.9 Å². The molecular formula is C11H8F3NO3S. The molecule has 1 aliphatic rings. The third-order valence-electron chi connectivity index (χ3n) is 2.35. The van der Waals surface area contributed by atoms with Gasteiger partial charge in [0.25, 0.3) is 0 Å². The minimum absolute atomic E-state index is 0.176. The van der Waals surface area contributed by atoms with Crippen LogP contribution in [0, 0.1) is 0 Å². The Morgan fingerprint density at radius 3 is 2.47 bits per heavy atom. The fourth-order valence-electron chi connectivity index (χ4n) is 1.43. The fraction of sp³-hybridized carbons (Fsp3) is 0.182. The first-order valence-electron chi connectivity index (χ1n) is 5.07. The quantitative estimate of drug-likeness (QED) is 0.859. The van der Waals surface area contributed by atoms with Crippen molar-refractivity contribution in [2.24, 2.45) is 4.99 Å². The zero-order chi connectivity index (χ0) is 14.1. The molecule has 0 bridgehead atoms. The third-order valence-corrected chi connectivity index (χ3v) is 3.70. The van der Waals surface area contributed by atoms with Gasteiger partial charge in [0.1, 0.15) is 22.8 Å². The topological polar surface area (TPSA) is 55.7 Å². The van der Waals surface area contributed by atoms with Crippen LogP contribution < -0.4 is 4.74 Å². The van der Waals surface area contributed by atoms with Gasteiger partial charge in [0.15, 0.2) is 0 Å². The molecule has 19 heavy (non-hydrogen) atoms. The van der Waals surface area contributed by atoms with E-state index in [-0.39, 0.29) is 4.91 Å². The van der Waals surface area contributed by atoms with Crippen LogP contribution in [0.2, 0.25) is 0 Å². The van der Waals surface area contributed by atoms with E-state index in [2.05, 4.69) is 4.99 Å². The van der Waals surface area contributed by atoms with Crippen molar-refractivity contribution in [2.75, 3.05) is 6.61 Å². The first-order chi connectivity index (χ1) is 8.81. The van der Waals surface area contributed by atoms with Gasteiger partial charge >= 0.3 is 6.18 Å². The van der Waals surface area contributed by atoms with Crippen LogP contribution in [0.15, 0.2) is 40.4 Å². The molecule has 1 heterocycles. The molecule has 2 rings (SSSR count). The highest BCUT2D eigenvalue weighted by Crippen LogP contribution is 2.36. The SMILES string of the molecule is O=S1(=O)C=NC=C1COc1ccccc1C(F)(F)F. The maximum absolute atomic E-state index is 12.7. The average Bonchev–Trinajstić information content (AvgIpc) is 2.65. The molecule has 0 aromatic heterocycles. The summed E-state index contributed by atoms with van der Waals surface area (Å²) in [6.07, 6.45) is -3.51. The second kappa shape index (κ2) is 4.69. The molecule has 0 N–H and O–H groups in total. The number of alkyl halides is 3. The average molecular weight is 291 g/mol. The summed E-state index contributed by atoms with van der Waals surface area (Å²) >= 11 is 0. The molecule has 4 nitrogen and oxygen atoms in total. The van der Waals surface area contributed by atoms with Crippen LogP contribution >= 0.6 is 0 Å². The molecule has 0 aliphatic carbocycles. The van der Waals surface area contributed by atoms with Crippen molar-refractivity contribution in [1.29, 1.82) is 0 Å². The zero-order valence-electron chi connectivity index (χ0n) is 9.39. The first-order valence-corrected chi connectivity index (χ1v) is 6.62. The van der Waals surface area contributed by atoms with E-state index in [0.29, 0.717) is 0 Å². The predicted molar refractivity (Wildman–Crippen MR) is 62.4 cm³/mol. The molecule has 0 atom stereocenters. The van der Waals surface area contributed by atoms with Gasteiger partial charge in [-0.05, 0) is 12.1 Å². The second-order valence-corrected chi connectivity index (χ2v) is 5.50. The largest absolute Gasteiger partial charge is 0.487 e. The van der Waals surface area contributed by atoms with Crippen LogP contribution in [0.1, 0.15) is 5.56 Å². The maximum atomic E-state index is 12.7. The highest BCUT2D eigenvalue weighted by atomic mass is 32.2. The highest BCUT2D eigenvalue weighted by molar-refractivity contribution is 8.08. The van der Waals surface area contributed by atoms with Crippen molar-refractivity contribution in [3.05, 3.63) is 40.9 Å². The van der Waals surface area contributed by atoms with Crippen LogP contribution in [0.4, 0.5) is 13.2 Å². The van der Waals surface area contributed by atoms with Crippen molar-refractivity contribution in [2.45, 2.75) is 6.18 Å². The summed E-state index contributed by atoms with van der Waals surface area (Å²) in [5.41, 5.74) is -0.228. The van der Waals surface area contributed by atoms with E-state index >= 15 is 0 Å². The van der Waals surface area contributed by atoms with Gasteiger partial charge in [0.2, 0.25) is 9.84 Å². The number of rotatable bonds is 3. The Bertz CT molecular complexity index is 647. The molecule has 0 saturated heterocycles. The van der Waals surface area contributed by atoms with Crippen LogP contribution in [-0.2, 0) is 16.0 Å². The summed E-state index contributed by atoms with van der Waals surface area (Å²) < 4.78 is 65.6. The molecule has 0 saturated carbocycles. The lowest BCUT2D eigenvalue weighted by molar-refractivity contribution is -0.138. The molecule has 1 aliphatic heterocycles. The summed E-state index contributed by atoms with van der Waals surface area (Å²) in [5.74, 6) is -0.419. The van der Waals surface area contributed by atoms with E-state index in [4.69, 9.17) is 4.74 Å². The zero-order valence-corrected chi connectivity index (χ0v) is 10.2. The number of hydrogen-bond acceptors (Lipinski definition) is 4. The summed E-state index contributed by atoms with van der Waals surface area (Å²) in [6, 6.07) is 4.60. The lowest BCUT2D eigenvalue weighted by Gasteiger charge is -2.13. The van der Waals surface area contributed by atoms with Gasteiger partial charge < -0.3 is 4.74 Å². The number of sulfone groups is 1. The Hall–Kier alpha value is -1.83. The van der Waals surface area contributed by atoms with Gasteiger partial charge in [-0.15, -0.1) is 0 Å². The summed E-state index contributed by atoms with van der Waals surface area (Å²) in [6.45, 7) is -0.491. The number of nitrogens with zero attached hydrogens (tertiary/aromatic N) is 1. The maximum Gasteiger partial charge on any atom is 0.419 e. The van der Waals surface area contributed by atoms with Crippen LogP contribution in [0.3, 0.4) is 0 Å². The van der Waals surface area contributed by atoms with Crippen molar-refractivity contribution in [1.82, 2.24) is 0 Å². The normalized spacial score (nSPS) is 17.3. The van der Waals surface area contributed by atoms with E-state index in [1.54, 1.807) is 0 Å². The Morgan fingerprint density at radius 1 is 1.21 bits per heavy atom. The van der Waals surface area contributed by atoms with Gasteiger partial charge in [-0.2, -0.15) is 13.2 Å². The number of ether oxygens (including phenoxy) is 1. The highest BCUT2D eigenvalue weighted by Gasteiger charge is 2.34. The molecule has 102 valence electrons. The number of hydrogen-bond donors (Lipinski definition) is 0. The Balaban J connectivity index is 2.18. The molecular weight excluding hydrogens is 283 g/mol. The smallest absolute Gasteiger partial charge is 0.419 e. The number of para-hydroxylation sites is 1. The minimum Gasteiger partial charge on any atom is -0.487 e. The first kappa shape index (κ1) is 13.6. The minimum atomic E-state index is -4.56. The number of aliphatic imine (C=N–C) groups is 1. The molecule has 0 spiro atoms. The molecule has 8 heteroatoms. The second-order valence-electron chi connectivity index (χ2n) is 3.68. The number of benzene rings is 1. The van der Waals surface area contributed by atoms with Gasteiger partial charge in [-0.25, -0.2) is 8.42 Å². The predicted octanol–water partition coefficient (Wildman–Crippen LogP) is 2.38. The lowest BCUT2D eigenvalue weighted by Crippen LogP contribution is -2.13. The van der Waals surface area contributed by atoms with E-state index < -0.39 is 33.9 Å². The Kier molecular flexibility index (Phi) is 3.36.